The molecule has 3 rings (SSSR count). The molecule has 1 aromatic heterocycles. The molecule has 10 heteroatoms. The Bertz CT molecular complexity index is 1280. The molecule has 0 spiro atoms. The smallest absolute Gasteiger partial charge is 0.316 e. The predicted molar refractivity (Wildman–Crippen MR) is 113 cm³/mol. The van der Waals surface area contributed by atoms with Crippen LogP contribution in [0.25, 0.3) is 0 Å². The molecule has 1 heterocycles. The van der Waals surface area contributed by atoms with Gasteiger partial charge in [0.25, 0.3) is 0 Å². The van der Waals surface area contributed by atoms with Crippen molar-refractivity contribution in [2.75, 3.05) is 18.7 Å². The number of hydrogen-bond donors (Lipinski definition) is 1. The van der Waals surface area contributed by atoms with Crippen molar-refractivity contribution in [3.05, 3.63) is 74.9 Å². The molecule has 0 aliphatic carbocycles. The van der Waals surface area contributed by atoms with E-state index in [9.17, 15) is 17.6 Å². The quantitative estimate of drug-likeness (QED) is 0.616. The van der Waals surface area contributed by atoms with Crippen LogP contribution in [0.1, 0.15) is 11.1 Å². The van der Waals surface area contributed by atoms with Gasteiger partial charge in [0.05, 0.1) is 29.8 Å². The minimum atomic E-state index is -3.42. The van der Waals surface area contributed by atoms with Crippen LogP contribution in [0, 0.1) is 12.7 Å². The molecule has 0 aliphatic rings. The fraction of sp³-hybridized carbons (Fsp3) is 0.200. The van der Waals surface area contributed by atoms with E-state index in [1.165, 1.54) is 37.6 Å². The van der Waals surface area contributed by atoms with Gasteiger partial charge in [-0.15, -0.1) is 0 Å². The van der Waals surface area contributed by atoms with Gasteiger partial charge in [-0.05, 0) is 42.3 Å². The van der Waals surface area contributed by atoms with Gasteiger partial charge in [0.15, 0.2) is 9.84 Å². The summed E-state index contributed by atoms with van der Waals surface area (Å²) in [7, 11) is -2.07. The maximum Gasteiger partial charge on any atom is 0.316 e. The van der Waals surface area contributed by atoms with E-state index in [2.05, 4.69) is 10.3 Å². The van der Waals surface area contributed by atoms with Gasteiger partial charge in [-0.3, -0.25) is 4.79 Å². The summed E-state index contributed by atoms with van der Waals surface area (Å²) in [6.07, 6.45) is 2.58. The Hall–Kier alpha value is -2.91. The minimum absolute atomic E-state index is 0.0235. The summed E-state index contributed by atoms with van der Waals surface area (Å²) in [5.41, 5.74) is 1.30. The Labute approximate surface area is 178 Å². The van der Waals surface area contributed by atoms with Crippen LogP contribution in [0.2, 0.25) is 5.02 Å². The van der Waals surface area contributed by atoms with Crippen molar-refractivity contribution < 1.29 is 17.5 Å². The van der Waals surface area contributed by atoms with E-state index >= 15 is 0 Å². The first kappa shape index (κ1) is 21.8. The second-order valence-electron chi connectivity index (χ2n) is 6.69. The van der Waals surface area contributed by atoms with E-state index in [1.807, 2.05) is 0 Å². The van der Waals surface area contributed by atoms with Crippen LogP contribution < -0.4 is 15.6 Å². The number of methoxy groups -OCH3 is 1. The Balaban J connectivity index is 2.07. The van der Waals surface area contributed by atoms with Crippen LogP contribution in [0.3, 0.4) is 0 Å². The summed E-state index contributed by atoms with van der Waals surface area (Å²) < 4.78 is 43.9. The molecule has 0 amide bonds. The summed E-state index contributed by atoms with van der Waals surface area (Å²) in [5.74, 6) is -0.354. The average Bonchev–Trinajstić information content (AvgIpc) is 2.67. The highest BCUT2D eigenvalue weighted by molar-refractivity contribution is 7.90. The van der Waals surface area contributed by atoms with Crippen molar-refractivity contribution in [2.45, 2.75) is 18.4 Å². The zero-order valence-corrected chi connectivity index (χ0v) is 18.0. The zero-order chi connectivity index (χ0) is 22.1. The maximum atomic E-state index is 13.5. The first-order valence-corrected chi connectivity index (χ1v) is 11.0. The predicted octanol–water partition coefficient (Wildman–Crippen LogP) is 3.55. The molecule has 158 valence electrons. The van der Waals surface area contributed by atoms with Gasteiger partial charge in [0, 0.05) is 11.9 Å². The van der Waals surface area contributed by atoms with Crippen LogP contribution in [-0.4, -0.2) is 31.3 Å². The number of aromatic nitrogens is 2. The summed E-state index contributed by atoms with van der Waals surface area (Å²) in [5, 5.41) is 2.99. The largest absolute Gasteiger partial charge is 0.490 e. The lowest BCUT2D eigenvalue weighted by atomic mass is 10.2. The van der Waals surface area contributed by atoms with Gasteiger partial charge in [-0.1, -0.05) is 23.7 Å². The highest BCUT2D eigenvalue weighted by atomic mass is 35.5. The summed E-state index contributed by atoms with van der Waals surface area (Å²) >= 11 is 5.87. The van der Waals surface area contributed by atoms with Crippen molar-refractivity contribution >= 4 is 33.1 Å². The lowest BCUT2D eigenvalue weighted by Crippen LogP contribution is -2.19. The van der Waals surface area contributed by atoms with Crippen LogP contribution >= 0.6 is 11.6 Å². The van der Waals surface area contributed by atoms with Crippen LogP contribution in [0.15, 0.2) is 52.3 Å². The van der Waals surface area contributed by atoms with E-state index < -0.39 is 21.2 Å². The first-order valence-electron chi connectivity index (χ1n) is 8.75. The molecule has 2 aromatic carbocycles. The fourth-order valence-electron chi connectivity index (χ4n) is 2.76. The number of hydrogen-bond acceptors (Lipinski definition) is 6. The number of rotatable bonds is 6. The van der Waals surface area contributed by atoms with Gasteiger partial charge < -0.3 is 14.6 Å². The summed E-state index contributed by atoms with van der Waals surface area (Å²) in [6.45, 7) is 2.00. The van der Waals surface area contributed by atoms with Crippen LogP contribution in [-0.2, 0) is 16.4 Å². The molecule has 0 fully saturated rings. The molecule has 0 unspecified atom stereocenters. The third-order valence-corrected chi connectivity index (χ3v) is 5.80. The number of anilines is 2. The van der Waals surface area contributed by atoms with E-state index in [0.717, 1.165) is 11.8 Å². The molecule has 0 saturated carbocycles. The number of ether oxygens (including phenoxy) is 1. The number of nitrogens with one attached hydrogen (secondary N) is 1. The van der Waals surface area contributed by atoms with E-state index in [0.29, 0.717) is 11.3 Å². The molecule has 1 N–H and O–H groups in total. The van der Waals surface area contributed by atoms with E-state index in [1.54, 1.807) is 23.6 Å². The molecule has 3 aromatic rings. The van der Waals surface area contributed by atoms with Crippen LogP contribution in [0.5, 0.6) is 5.75 Å². The Morgan fingerprint density at radius 2 is 1.97 bits per heavy atom. The Kier molecular flexibility index (Phi) is 6.14. The van der Waals surface area contributed by atoms with Gasteiger partial charge in [0.2, 0.25) is 11.7 Å². The third-order valence-electron chi connectivity index (χ3n) is 4.40. The molecule has 30 heavy (non-hydrogen) atoms. The van der Waals surface area contributed by atoms with Crippen molar-refractivity contribution in [3.63, 3.8) is 0 Å². The number of sulfone groups is 1. The molecule has 0 radical (unpaired) electrons. The van der Waals surface area contributed by atoms with Crippen LogP contribution in [0.4, 0.5) is 16.0 Å². The molecule has 0 aliphatic heterocycles. The third kappa shape index (κ3) is 4.80. The van der Waals surface area contributed by atoms with Gasteiger partial charge in [-0.25, -0.2) is 12.8 Å². The van der Waals surface area contributed by atoms with E-state index in [4.69, 9.17) is 16.3 Å². The zero-order valence-electron chi connectivity index (χ0n) is 16.4. The number of halogens is 2. The second kappa shape index (κ2) is 8.45. The molecule has 0 saturated heterocycles. The Morgan fingerprint density at radius 3 is 2.60 bits per heavy atom. The van der Waals surface area contributed by atoms with Gasteiger partial charge in [-0.2, -0.15) is 4.98 Å². The average molecular weight is 452 g/mol. The topological polar surface area (TPSA) is 90.3 Å². The SMILES string of the molecule is COc1cn(Cc2ccc(F)c(Cl)c2)c(Nc2cc(S(C)(=O)=O)ccc2C)nc1=O. The monoisotopic (exact) mass is 451 g/mol. The lowest BCUT2D eigenvalue weighted by molar-refractivity contribution is 0.402. The Morgan fingerprint density at radius 1 is 1.23 bits per heavy atom. The van der Waals surface area contributed by atoms with E-state index in [-0.39, 0.29) is 28.2 Å². The van der Waals surface area contributed by atoms with Crippen molar-refractivity contribution in [1.82, 2.24) is 9.55 Å². The first-order chi connectivity index (χ1) is 14.1. The normalized spacial score (nSPS) is 11.4. The van der Waals surface area contributed by atoms with Crippen molar-refractivity contribution in [2.24, 2.45) is 0 Å². The summed E-state index contributed by atoms with van der Waals surface area (Å²) in [6, 6.07) is 8.92. The highest BCUT2D eigenvalue weighted by Crippen LogP contribution is 2.24. The standard InChI is InChI=1S/C20H19ClFN3O4S/c1-12-4-6-14(30(3,27)28)9-17(12)23-20-24-19(26)18(29-2)11-25(20)10-13-5-7-16(22)15(21)8-13/h4-9,11H,10H2,1-3H3,(H,23,24,26). The van der Waals surface area contributed by atoms with Crippen molar-refractivity contribution in [1.29, 1.82) is 0 Å². The second-order valence-corrected chi connectivity index (χ2v) is 9.11. The highest BCUT2D eigenvalue weighted by Gasteiger charge is 2.14. The fourth-order valence-corrected chi connectivity index (χ4v) is 3.61. The van der Waals surface area contributed by atoms with Crippen molar-refractivity contribution in [3.8, 4) is 5.75 Å². The molecule has 0 bridgehead atoms. The summed E-state index contributed by atoms with van der Waals surface area (Å²) in [4.78, 5) is 16.4. The number of benzene rings is 2. The molecule has 0 atom stereocenters. The molecular weight excluding hydrogens is 433 g/mol. The minimum Gasteiger partial charge on any atom is -0.490 e. The molecule has 7 nitrogen and oxygen atoms in total. The lowest BCUT2D eigenvalue weighted by Gasteiger charge is -2.17. The number of nitrogens with zero attached hydrogens (tertiary/aromatic N) is 2. The van der Waals surface area contributed by atoms with Gasteiger partial charge in [0.1, 0.15) is 5.82 Å². The molecular formula is C20H19ClFN3O4S. The maximum absolute atomic E-state index is 13.5. The van der Waals surface area contributed by atoms with Gasteiger partial charge >= 0.3 is 5.56 Å². The number of aryl methyl sites for hydroxylation is 1.